The summed E-state index contributed by atoms with van der Waals surface area (Å²) < 4.78 is 26.9. The van der Waals surface area contributed by atoms with Crippen LogP contribution in [0.15, 0.2) is 12.7 Å². The lowest BCUT2D eigenvalue weighted by Crippen LogP contribution is -2.48. The van der Waals surface area contributed by atoms with Crippen LogP contribution in [0.1, 0.15) is 26.0 Å². The van der Waals surface area contributed by atoms with E-state index in [1.807, 2.05) is 11.5 Å². The molecule has 0 spiro atoms. The van der Waals surface area contributed by atoms with Crippen LogP contribution in [0.5, 0.6) is 0 Å². The van der Waals surface area contributed by atoms with Crippen LogP contribution in [0, 0.1) is 5.92 Å². The van der Waals surface area contributed by atoms with Gasteiger partial charge >= 0.3 is 0 Å². The Morgan fingerprint density at radius 2 is 2.00 bits per heavy atom. The Bertz CT molecular complexity index is 917. The van der Waals surface area contributed by atoms with E-state index in [1.165, 1.54) is 6.33 Å². The molecule has 4 aliphatic heterocycles. The summed E-state index contributed by atoms with van der Waals surface area (Å²) in [5.74, 6) is -0.161. The fraction of sp³-hybridized carbons (Fsp3) is 0.722. The number of likely N-dealkylation sites (N-methyl/N-ethyl adjacent to an activating group) is 1. The lowest BCUT2D eigenvalue weighted by molar-refractivity contribution is -0.348. The lowest BCUT2D eigenvalue weighted by Gasteiger charge is -2.42. The summed E-state index contributed by atoms with van der Waals surface area (Å²) in [6.45, 7) is 3.27. The van der Waals surface area contributed by atoms with E-state index in [0.717, 1.165) is 19.4 Å². The quantitative estimate of drug-likeness (QED) is 0.747. The number of nitrogens with zero attached hydrogens (tertiary/aromatic N) is 5. The van der Waals surface area contributed by atoms with Crippen molar-refractivity contribution in [3.63, 3.8) is 0 Å². The molecule has 2 aromatic heterocycles. The maximum atomic E-state index is 6.44. The fourth-order valence-corrected chi connectivity index (χ4v) is 4.89. The van der Waals surface area contributed by atoms with E-state index < -0.39 is 12.2 Å². The second-order valence-electron chi connectivity index (χ2n) is 8.42. The van der Waals surface area contributed by atoms with Gasteiger partial charge < -0.3 is 29.6 Å². The van der Waals surface area contributed by atoms with Crippen molar-refractivity contribution in [2.24, 2.45) is 5.92 Å². The van der Waals surface area contributed by atoms with Crippen LogP contribution < -0.4 is 5.73 Å². The Morgan fingerprint density at radius 3 is 2.86 bits per heavy atom. The third-order valence-corrected chi connectivity index (χ3v) is 6.53. The zero-order valence-electron chi connectivity index (χ0n) is 15.9. The number of aromatic nitrogens is 4. The fourth-order valence-electron chi connectivity index (χ4n) is 4.89. The van der Waals surface area contributed by atoms with E-state index in [-0.39, 0.29) is 18.3 Å². The second-order valence-corrected chi connectivity index (χ2v) is 8.42. The van der Waals surface area contributed by atoms with Crippen LogP contribution in [0.4, 0.5) is 5.82 Å². The molecule has 1 aliphatic carbocycles. The highest BCUT2D eigenvalue weighted by atomic mass is 16.9. The molecule has 0 amide bonds. The third-order valence-electron chi connectivity index (χ3n) is 6.53. The Kier molecular flexibility index (Phi) is 3.55. The molecule has 0 radical (unpaired) electrons. The van der Waals surface area contributed by atoms with Crippen molar-refractivity contribution < 1.29 is 18.9 Å². The molecule has 5 fully saturated rings. The molecule has 0 aromatic carbocycles. The summed E-state index contributed by atoms with van der Waals surface area (Å²) in [5.41, 5.74) is 7.12. The van der Waals surface area contributed by atoms with Gasteiger partial charge in [0.25, 0.3) is 5.97 Å². The average molecular weight is 388 g/mol. The van der Waals surface area contributed by atoms with Crippen molar-refractivity contribution in [2.45, 2.75) is 56.3 Å². The minimum absolute atomic E-state index is 0.140. The number of ether oxygens (including phenoxy) is 4. The number of hydrogen-bond acceptors (Lipinski definition) is 9. The predicted octanol–water partition coefficient (Wildman–Crippen LogP) is 0.504. The molecule has 4 saturated heterocycles. The van der Waals surface area contributed by atoms with E-state index in [1.54, 1.807) is 6.33 Å². The normalized spacial score (nSPS) is 43.1. The van der Waals surface area contributed by atoms with Gasteiger partial charge in [0.1, 0.15) is 30.2 Å². The number of rotatable bonds is 1. The van der Waals surface area contributed by atoms with Crippen molar-refractivity contribution in [1.29, 1.82) is 0 Å². The van der Waals surface area contributed by atoms with Crippen molar-refractivity contribution >= 4 is 17.0 Å². The number of nitrogen functional groups attached to an aromatic ring is 1. The van der Waals surface area contributed by atoms with Crippen LogP contribution in [-0.4, -0.2) is 74.9 Å². The number of fused-ring (bicyclic) bond motifs is 3. The monoisotopic (exact) mass is 388 g/mol. The first kappa shape index (κ1) is 17.0. The van der Waals surface area contributed by atoms with Gasteiger partial charge in [0.2, 0.25) is 0 Å². The molecule has 10 heteroatoms. The first-order valence-electron chi connectivity index (χ1n) is 9.79. The van der Waals surface area contributed by atoms with E-state index in [4.69, 9.17) is 24.7 Å². The van der Waals surface area contributed by atoms with Crippen LogP contribution in [0.3, 0.4) is 0 Å². The van der Waals surface area contributed by atoms with Crippen LogP contribution in [0.25, 0.3) is 11.2 Å². The van der Waals surface area contributed by atoms with Gasteiger partial charge in [0.05, 0.1) is 12.9 Å². The molecule has 5 atom stereocenters. The topological polar surface area (TPSA) is 110 Å². The smallest absolute Gasteiger partial charge is 0.280 e. The minimum Gasteiger partial charge on any atom is -0.382 e. The molecule has 1 unspecified atom stereocenters. The zero-order valence-corrected chi connectivity index (χ0v) is 15.9. The van der Waals surface area contributed by atoms with E-state index >= 15 is 0 Å². The molecule has 5 aliphatic rings. The highest BCUT2D eigenvalue weighted by Crippen LogP contribution is 2.46. The average Bonchev–Trinajstić information content (AvgIpc) is 3.26. The summed E-state index contributed by atoms with van der Waals surface area (Å²) in [7, 11) is 2.15. The number of anilines is 1. The molecule has 28 heavy (non-hydrogen) atoms. The first-order chi connectivity index (χ1) is 13.5. The van der Waals surface area contributed by atoms with Crippen molar-refractivity contribution in [1.82, 2.24) is 24.4 Å². The summed E-state index contributed by atoms with van der Waals surface area (Å²) in [4.78, 5) is 15.1. The van der Waals surface area contributed by atoms with Gasteiger partial charge in [-0.25, -0.2) is 15.0 Å². The molecule has 2 N–H and O–H groups in total. The van der Waals surface area contributed by atoms with Gasteiger partial charge in [-0.2, -0.15) is 0 Å². The van der Waals surface area contributed by atoms with Crippen LogP contribution in [0.2, 0.25) is 0 Å². The maximum Gasteiger partial charge on any atom is 0.280 e. The van der Waals surface area contributed by atoms with Gasteiger partial charge in [0, 0.05) is 19.5 Å². The Labute approximate surface area is 161 Å². The molecule has 7 rings (SSSR count). The van der Waals surface area contributed by atoms with Gasteiger partial charge in [-0.1, -0.05) is 0 Å². The summed E-state index contributed by atoms with van der Waals surface area (Å²) in [6, 6.07) is 0.571. The maximum absolute atomic E-state index is 6.44. The van der Waals surface area contributed by atoms with Gasteiger partial charge in [-0.3, -0.25) is 4.57 Å². The summed E-state index contributed by atoms with van der Waals surface area (Å²) in [5, 5.41) is 0. The highest BCUT2D eigenvalue weighted by Gasteiger charge is 2.59. The Hall–Kier alpha value is -1.85. The largest absolute Gasteiger partial charge is 0.382 e. The van der Waals surface area contributed by atoms with Gasteiger partial charge in [-0.05, 0) is 25.8 Å². The van der Waals surface area contributed by atoms with Crippen molar-refractivity contribution in [3.05, 3.63) is 12.7 Å². The molecule has 150 valence electrons. The standard InChI is InChI=1S/C18H24N6O4/c1-18-25-6-9-3-10(4-9)23(2)5-11-13(27-18)14(28-18)17(26-11)24-8-22-12-15(19)20-7-21-16(12)24/h7-11,13-14,17H,3-6H2,1-2H3,(H2,19,20,21)/t9?,10?,11-,13-,14-,17-,18?/m1/s1. The Morgan fingerprint density at radius 1 is 1.18 bits per heavy atom. The second kappa shape index (κ2) is 5.83. The van der Waals surface area contributed by atoms with Gasteiger partial charge in [-0.15, -0.1) is 0 Å². The molecule has 10 nitrogen and oxygen atoms in total. The molecular formula is C18H24N6O4. The van der Waals surface area contributed by atoms with Crippen molar-refractivity contribution in [2.75, 3.05) is 25.9 Å². The van der Waals surface area contributed by atoms with Gasteiger partial charge in [0.15, 0.2) is 17.7 Å². The van der Waals surface area contributed by atoms with E-state index in [0.29, 0.717) is 35.5 Å². The minimum atomic E-state index is -1.06. The number of imidazole rings is 1. The number of hydrogen-bond donors (Lipinski definition) is 1. The first-order valence-corrected chi connectivity index (χ1v) is 9.79. The van der Waals surface area contributed by atoms with Crippen LogP contribution >= 0.6 is 0 Å². The Balaban J connectivity index is 1.38. The number of nitrogens with two attached hydrogens (primary N) is 1. The molecule has 4 bridgehead atoms. The van der Waals surface area contributed by atoms with E-state index in [9.17, 15) is 0 Å². The molecule has 6 heterocycles. The lowest BCUT2D eigenvalue weighted by atomic mass is 9.80. The van der Waals surface area contributed by atoms with E-state index in [2.05, 4.69) is 26.9 Å². The third kappa shape index (κ3) is 2.42. The summed E-state index contributed by atoms with van der Waals surface area (Å²) >= 11 is 0. The molecule has 2 aromatic rings. The highest BCUT2D eigenvalue weighted by molar-refractivity contribution is 5.81. The van der Waals surface area contributed by atoms with Crippen LogP contribution in [-0.2, 0) is 18.9 Å². The molecule has 1 saturated carbocycles. The zero-order chi connectivity index (χ0) is 19.0. The predicted molar refractivity (Wildman–Crippen MR) is 96.9 cm³/mol. The van der Waals surface area contributed by atoms with Crippen molar-refractivity contribution in [3.8, 4) is 0 Å². The molecular weight excluding hydrogens is 364 g/mol. The summed E-state index contributed by atoms with van der Waals surface area (Å²) in [6.07, 6.45) is 4.26. The SMILES string of the molecule is CN1C[C@H]2O[C@@H](n3cnc4c(N)ncnc43)[C@@H]3OC(C)(OCC4CC1C4)O[C@@H]32.